The van der Waals surface area contributed by atoms with Gasteiger partial charge in [-0.15, -0.1) is 0 Å². The van der Waals surface area contributed by atoms with Crippen LogP contribution in [0.25, 0.3) is 0 Å². The van der Waals surface area contributed by atoms with Crippen molar-refractivity contribution < 1.29 is 9.59 Å². The molecule has 0 saturated carbocycles. The number of nitrogens with one attached hydrogen (secondary N) is 2. The van der Waals surface area contributed by atoms with Gasteiger partial charge < -0.3 is 16.4 Å². The first kappa shape index (κ1) is 15.8. The van der Waals surface area contributed by atoms with Crippen LogP contribution in [0.2, 0.25) is 0 Å². The van der Waals surface area contributed by atoms with Crippen LogP contribution >= 0.6 is 15.9 Å². The monoisotopic (exact) mass is 359 g/mol. The van der Waals surface area contributed by atoms with Crippen molar-refractivity contribution >= 4 is 44.8 Å². The van der Waals surface area contributed by atoms with Crippen molar-refractivity contribution in [2.75, 3.05) is 16.4 Å². The molecule has 2 aromatic rings. The van der Waals surface area contributed by atoms with E-state index in [4.69, 9.17) is 5.73 Å². The van der Waals surface area contributed by atoms with Crippen molar-refractivity contribution in [3.63, 3.8) is 0 Å². The largest absolute Gasteiger partial charge is 0.398 e. The summed E-state index contributed by atoms with van der Waals surface area (Å²) in [6.07, 6.45) is 1.16. The highest BCUT2D eigenvalue weighted by Gasteiger charge is 2.11. The second-order valence-electron chi connectivity index (χ2n) is 4.46. The first-order chi connectivity index (χ1) is 10.5. The van der Waals surface area contributed by atoms with E-state index in [-0.39, 0.29) is 17.5 Å². The summed E-state index contributed by atoms with van der Waals surface area (Å²) in [5, 5.41) is 5.34. The van der Waals surface area contributed by atoms with Crippen LogP contribution < -0.4 is 16.4 Å². The molecule has 22 heavy (non-hydrogen) atoms. The highest BCUT2D eigenvalue weighted by atomic mass is 79.9. The summed E-state index contributed by atoms with van der Waals surface area (Å²) in [6.45, 7) is 3.37. The zero-order valence-electron chi connectivity index (χ0n) is 11.6. The topological polar surface area (TPSA) is 84.2 Å². The quantitative estimate of drug-likeness (QED) is 0.577. The number of carbonyl (C=O) groups excluding carboxylic acids is 2. The van der Waals surface area contributed by atoms with Gasteiger partial charge in [-0.05, 0) is 42.5 Å². The SMILES string of the molecule is C=CC(=O)Nc1ccc(C(=O)Nc2cccc(Br)c2)c(N)c1. The van der Waals surface area contributed by atoms with Gasteiger partial charge in [0.2, 0.25) is 5.91 Å². The third kappa shape index (κ3) is 3.95. The number of hydrogen-bond donors (Lipinski definition) is 3. The molecule has 0 aromatic heterocycles. The average Bonchev–Trinajstić information content (AvgIpc) is 2.47. The lowest BCUT2D eigenvalue weighted by Gasteiger charge is -2.10. The summed E-state index contributed by atoms with van der Waals surface area (Å²) in [5.74, 6) is -0.664. The summed E-state index contributed by atoms with van der Waals surface area (Å²) in [4.78, 5) is 23.5. The minimum Gasteiger partial charge on any atom is -0.398 e. The molecule has 6 heteroatoms. The van der Waals surface area contributed by atoms with E-state index in [0.29, 0.717) is 16.9 Å². The second kappa shape index (κ2) is 6.91. The third-order valence-electron chi connectivity index (χ3n) is 2.83. The van der Waals surface area contributed by atoms with Crippen LogP contribution in [0.15, 0.2) is 59.6 Å². The molecule has 0 radical (unpaired) electrons. The van der Waals surface area contributed by atoms with Gasteiger partial charge in [-0.1, -0.05) is 28.6 Å². The summed E-state index contributed by atoms with van der Waals surface area (Å²) < 4.78 is 0.862. The number of rotatable bonds is 4. The highest BCUT2D eigenvalue weighted by Crippen LogP contribution is 2.21. The second-order valence-corrected chi connectivity index (χ2v) is 5.38. The molecule has 0 saturated heterocycles. The summed E-state index contributed by atoms with van der Waals surface area (Å²) in [6, 6.07) is 11.9. The number of anilines is 3. The fourth-order valence-electron chi connectivity index (χ4n) is 1.81. The molecule has 0 aliphatic heterocycles. The maximum absolute atomic E-state index is 12.2. The van der Waals surface area contributed by atoms with E-state index in [1.54, 1.807) is 24.3 Å². The number of nitrogens with two attached hydrogens (primary N) is 1. The number of nitrogen functional groups attached to an aromatic ring is 1. The van der Waals surface area contributed by atoms with Gasteiger partial charge >= 0.3 is 0 Å². The molecular formula is C16H14BrN3O2. The molecule has 0 fully saturated rings. The van der Waals surface area contributed by atoms with Gasteiger partial charge in [0.15, 0.2) is 0 Å². The molecule has 0 aliphatic rings. The molecule has 0 unspecified atom stereocenters. The average molecular weight is 360 g/mol. The molecule has 112 valence electrons. The first-order valence-corrected chi connectivity index (χ1v) is 7.19. The standard InChI is InChI=1S/C16H14BrN3O2/c1-2-15(21)19-12-6-7-13(14(18)9-12)16(22)20-11-5-3-4-10(17)8-11/h2-9H,1,18H2,(H,19,21)(H,20,22). The molecule has 2 amide bonds. The predicted molar refractivity (Wildman–Crippen MR) is 91.8 cm³/mol. The van der Waals surface area contributed by atoms with Gasteiger partial charge in [-0.2, -0.15) is 0 Å². The maximum atomic E-state index is 12.2. The van der Waals surface area contributed by atoms with E-state index in [1.165, 1.54) is 6.07 Å². The Labute approximate surface area is 136 Å². The summed E-state index contributed by atoms with van der Waals surface area (Å²) in [5.41, 5.74) is 7.64. The Morgan fingerprint density at radius 1 is 1.09 bits per heavy atom. The van der Waals surface area contributed by atoms with E-state index in [0.717, 1.165) is 10.5 Å². The lowest BCUT2D eigenvalue weighted by Crippen LogP contribution is -2.15. The highest BCUT2D eigenvalue weighted by molar-refractivity contribution is 9.10. The molecule has 2 rings (SSSR count). The van der Waals surface area contributed by atoms with E-state index in [1.807, 2.05) is 12.1 Å². The smallest absolute Gasteiger partial charge is 0.257 e. The minimum absolute atomic E-state index is 0.273. The lowest BCUT2D eigenvalue weighted by molar-refractivity contribution is -0.111. The zero-order chi connectivity index (χ0) is 16.1. The summed E-state index contributed by atoms with van der Waals surface area (Å²) in [7, 11) is 0. The molecule has 2 aromatic carbocycles. The molecule has 0 heterocycles. The van der Waals surface area contributed by atoms with Crippen LogP contribution in [-0.4, -0.2) is 11.8 Å². The van der Waals surface area contributed by atoms with Crippen molar-refractivity contribution in [2.45, 2.75) is 0 Å². The maximum Gasteiger partial charge on any atom is 0.257 e. The van der Waals surface area contributed by atoms with Gasteiger partial charge in [0.05, 0.1) is 5.56 Å². The van der Waals surface area contributed by atoms with Crippen LogP contribution in [0.1, 0.15) is 10.4 Å². The number of carbonyl (C=O) groups is 2. The number of amides is 2. The van der Waals surface area contributed by atoms with Gasteiger partial charge in [0.25, 0.3) is 5.91 Å². The van der Waals surface area contributed by atoms with Crippen molar-refractivity contribution in [2.24, 2.45) is 0 Å². The first-order valence-electron chi connectivity index (χ1n) is 6.39. The third-order valence-corrected chi connectivity index (χ3v) is 3.32. The number of hydrogen-bond acceptors (Lipinski definition) is 3. The van der Waals surface area contributed by atoms with E-state index < -0.39 is 0 Å². The molecule has 0 spiro atoms. The predicted octanol–water partition coefficient (Wildman–Crippen LogP) is 3.41. The van der Waals surface area contributed by atoms with Gasteiger partial charge in [-0.3, -0.25) is 9.59 Å². The van der Waals surface area contributed by atoms with Crippen LogP contribution in [-0.2, 0) is 4.79 Å². The minimum atomic E-state index is -0.342. The fourth-order valence-corrected chi connectivity index (χ4v) is 2.20. The van der Waals surface area contributed by atoms with Gasteiger partial charge in [0.1, 0.15) is 0 Å². The van der Waals surface area contributed by atoms with Gasteiger partial charge in [0, 0.05) is 21.5 Å². The number of benzene rings is 2. The van der Waals surface area contributed by atoms with E-state index >= 15 is 0 Å². The molecule has 0 bridgehead atoms. The van der Waals surface area contributed by atoms with Crippen molar-refractivity contribution in [1.82, 2.24) is 0 Å². The Morgan fingerprint density at radius 2 is 1.82 bits per heavy atom. The molecule has 5 nitrogen and oxygen atoms in total. The Bertz CT molecular complexity index is 744. The van der Waals surface area contributed by atoms with Crippen LogP contribution in [0.3, 0.4) is 0 Å². The van der Waals surface area contributed by atoms with Gasteiger partial charge in [-0.25, -0.2) is 0 Å². The fraction of sp³-hybridized carbons (Fsp3) is 0. The summed E-state index contributed by atoms with van der Waals surface area (Å²) >= 11 is 3.34. The Morgan fingerprint density at radius 3 is 2.45 bits per heavy atom. The van der Waals surface area contributed by atoms with Crippen molar-refractivity contribution in [1.29, 1.82) is 0 Å². The van der Waals surface area contributed by atoms with Crippen molar-refractivity contribution in [3.8, 4) is 0 Å². The molecule has 0 atom stereocenters. The van der Waals surface area contributed by atoms with Crippen LogP contribution in [0.4, 0.5) is 17.1 Å². The van der Waals surface area contributed by atoms with E-state index in [2.05, 4.69) is 33.1 Å². The lowest BCUT2D eigenvalue weighted by atomic mass is 10.1. The molecular weight excluding hydrogens is 346 g/mol. The Kier molecular flexibility index (Phi) is 4.95. The van der Waals surface area contributed by atoms with E-state index in [9.17, 15) is 9.59 Å². The van der Waals surface area contributed by atoms with Crippen molar-refractivity contribution in [3.05, 3.63) is 65.2 Å². The molecule has 4 N–H and O–H groups in total. The Hall–Kier alpha value is -2.60. The Balaban J connectivity index is 2.16. The van der Waals surface area contributed by atoms with Crippen LogP contribution in [0.5, 0.6) is 0 Å². The number of halogens is 1. The normalized spacial score (nSPS) is 9.86. The van der Waals surface area contributed by atoms with Crippen LogP contribution in [0, 0.1) is 0 Å². The zero-order valence-corrected chi connectivity index (χ0v) is 13.2. The molecule has 0 aliphatic carbocycles.